The number of hydrogen-bond donors (Lipinski definition) is 0. The fourth-order valence-electron chi connectivity index (χ4n) is 0.989. The standard InChI is InChI=1S/C7H9BrClN3O/c1-11(6(13)3-9)7-5(8)4-10-12(7)2/h4H,3H2,1-2H3. The molecule has 1 aromatic heterocycles. The Hall–Kier alpha value is -0.550. The van der Waals surface area contributed by atoms with Crippen LogP contribution >= 0.6 is 27.5 Å². The lowest BCUT2D eigenvalue weighted by molar-refractivity contribution is -0.116. The summed E-state index contributed by atoms with van der Waals surface area (Å²) in [5.41, 5.74) is 0. The third kappa shape index (κ3) is 2.03. The molecular formula is C7H9BrClN3O. The van der Waals surface area contributed by atoms with Crippen molar-refractivity contribution in [3.8, 4) is 0 Å². The maximum Gasteiger partial charge on any atom is 0.242 e. The molecule has 1 aromatic rings. The predicted octanol–water partition coefficient (Wildman–Crippen LogP) is 1.38. The average Bonchev–Trinajstić information content (AvgIpc) is 2.44. The molecule has 0 fully saturated rings. The molecule has 0 aliphatic carbocycles. The van der Waals surface area contributed by atoms with Crippen molar-refractivity contribution in [2.45, 2.75) is 0 Å². The molecule has 13 heavy (non-hydrogen) atoms. The Kier molecular flexibility index (Phi) is 3.33. The van der Waals surface area contributed by atoms with E-state index in [1.807, 2.05) is 0 Å². The van der Waals surface area contributed by atoms with Crippen molar-refractivity contribution in [2.75, 3.05) is 17.8 Å². The van der Waals surface area contributed by atoms with Crippen LogP contribution in [-0.2, 0) is 11.8 Å². The molecular weight excluding hydrogens is 257 g/mol. The van der Waals surface area contributed by atoms with E-state index in [0.717, 1.165) is 4.47 Å². The normalized spacial score (nSPS) is 10.2. The smallest absolute Gasteiger partial charge is 0.242 e. The molecule has 0 radical (unpaired) electrons. The lowest BCUT2D eigenvalue weighted by Crippen LogP contribution is -2.29. The minimum absolute atomic E-state index is 0.0336. The topological polar surface area (TPSA) is 38.1 Å². The second-order valence-electron chi connectivity index (χ2n) is 2.53. The van der Waals surface area contributed by atoms with Gasteiger partial charge in [0, 0.05) is 14.1 Å². The van der Waals surface area contributed by atoms with Crippen LogP contribution in [0, 0.1) is 0 Å². The minimum atomic E-state index is -0.161. The fraction of sp³-hybridized carbons (Fsp3) is 0.429. The zero-order chi connectivity index (χ0) is 10.0. The molecule has 6 heteroatoms. The number of hydrogen-bond acceptors (Lipinski definition) is 2. The molecule has 1 amide bonds. The summed E-state index contributed by atoms with van der Waals surface area (Å²) in [6.45, 7) is 0. The molecule has 0 saturated heterocycles. The Bertz CT molecular complexity index is 306. The number of aryl methyl sites for hydroxylation is 1. The van der Waals surface area contributed by atoms with E-state index in [-0.39, 0.29) is 11.8 Å². The second-order valence-corrected chi connectivity index (χ2v) is 3.65. The van der Waals surface area contributed by atoms with Gasteiger partial charge in [-0.3, -0.25) is 14.4 Å². The van der Waals surface area contributed by atoms with Crippen LogP contribution in [0.2, 0.25) is 0 Å². The molecule has 4 nitrogen and oxygen atoms in total. The number of halogens is 2. The quantitative estimate of drug-likeness (QED) is 0.759. The highest BCUT2D eigenvalue weighted by atomic mass is 79.9. The SMILES string of the molecule is CN(C(=O)CCl)c1c(Br)cnn1C. The zero-order valence-electron chi connectivity index (χ0n) is 7.29. The third-order valence-electron chi connectivity index (χ3n) is 1.67. The Labute approximate surface area is 89.6 Å². The number of nitrogens with zero attached hydrogens (tertiary/aromatic N) is 3. The molecule has 1 heterocycles. The molecule has 0 aromatic carbocycles. The monoisotopic (exact) mass is 265 g/mol. The average molecular weight is 267 g/mol. The minimum Gasteiger partial charge on any atom is -0.298 e. The van der Waals surface area contributed by atoms with E-state index < -0.39 is 0 Å². The summed E-state index contributed by atoms with van der Waals surface area (Å²) in [7, 11) is 3.42. The van der Waals surface area contributed by atoms with Crippen LogP contribution in [0.5, 0.6) is 0 Å². The first-order valence-electron chi connectivity index (χ1n) is 3.58. The largest absolute Gasteiger partial charge is 0.298 e. The predicted molar refractivity (Wildman–Crippen MR) is 55.0 cm³/mol. The van der Waals surface area contributed by atoms with Crippen molar-refractivity contribution < 1.29 is 4.79 Å². The first-order valence-corrected chi connectivity index (χ1v) is 4.90. The molecule has 0 aliphatic heterocycles. The van der Waals surface area contributed by atoms with Gasteiger partial charge in [0.25, 0.3) is 0 Å². The van der Waals surface area contributed by atoms with Gasteiger partial charge in [-0.2, -0.15) is 5.10 Å². The first kappa shape index (κ1) is 10.5. The van der Waals surface area contributed by atoms with E-state index in [2.05, 4.69) is 21.0 Å². The van der Waals surface area contributed by atoms with Gasteiger partial charge in [-0.1, -0.05) is 0 Å². The maximum atomic E-state index is 11.2. The molecule has 1 rings (SSSR count). The molecule has 0 spiro atoms. The molecule has 0 unspecified atom stereocenters. The summed E-state index contributed by atoms with van der Waals surface area (Å²) in [5.74, 6) is 0.505. The molecule has 0 aliphatic rings. The fourth-order valence-corrected chi connectivity index (χ4v) is 1.78. The van der Waals surface area contributed by atoms with Gasteiger partial charge < -0.3 is 0 Å². The number of rotatable bonds is 2. The first-order chi connectivity index (χ1) is 6.07. The summed E-state index contributed by atoms with van der Waals surface area (Å²) in [5, 5.41) is 3.99. The summed E-state index contributed by atoms with van der Waals surface area (Å²) < 4.78 is 2.38. The van der Waals surface area contributed by atoms with Gasteiger partial charge in [0.1, 0.15) is 11.7 Å². The zero-order valence-corrected chi connectivity index (χ0v) is 9.63. The number of amides is 1. The Morgan fingerprint density at radius 3 is 2.85 bits per heavy atom. The number of carbonyl (C=O) groups is 1. The number of alkyl halides is 1. The van der Waals surface area contributed by atoms with Crippen molar-refractivity contribution in [2.24, 2.45) is 7.05 Å². The third-order valence-corrected chi connectivity index (χ3v) is 2.46. The van der Waals surface area contributed by atoms with Gasteiger partial charge in [-0.05, 0) is 15.9 Å². The Balaban J connectivity index is 3.00. The van der Waals surface area contributed by atoms with Gasteiger partial charge >= 0.3 is 0 Å². The van der Waals surface area contributed by atoms with Gasteiger partial charge in [-0.15, -0.1) is 11.6 Å². The lowest BCUT2D eigenvalue weighted by Gasteiger charge is -2.16. The molecule has 0 atom stereocenters. The molecule has 0 bridgehead atoms. The molecule has 0 N–H and O–H groups in total. The second kappa shape index (κ2) is 4.11. The van der Waals surface area contributed by atoms with E-state index >= 15 is 0 Å². The van der Waals surface area contributed by atoms with Crippen molar-refractivity contribution in [1.82, 2.24) is 9.78 Å². The van der Waals surface area contributed by atoms with E-state index in [4.69, 9.17) is 11.6 Å². The maximum absolute atomic E-state index is 11.2. The molecule has 0 saturated carbocycles. The van der Waals surface area contributed by atoms with Crippen LogP contribution in [-0.4, -0.2) is 28.6 Å². The Morgan fingerprint density at radius 2 is 2.46 bits per heavy atom. The van der Waals surface area contributed by atoms with E-state index in [0.29, 0.717) is 5.82 Å². The van der Waals surface area contributed by atoms with Crippen LogP contribution in [0.1, 0.15) is 0 Å². The van der Waals surface area contributed by atoms with Crippen molar-refractivity contribution in [1.29, 1.82) is 0 Å². The summed E-state index contributed by atoms with van der Waals surface area (Å²) in [6, 6.07) is 0. The van der Waals surface area contributed by atoms with Crippen LogP contribution < -0.4 is 4.90 Å². The van der Waals surface area contributed by atoms with Gasteiger partial charge in [0.2, 0.25) is 5.91 Å². The van der Waals surface area contributed by atoms with Crippen LogP contribution in [0.3, 0.4) is 0 Å². The highest BCUT2D eigenvalue weighted by molar-refractivity contribution is 9.10. The van der Waals surface area contributed by atoms with Gasteiger partial charge in [0.05, 0.1) is 10.7 Å². The van der Waals surface area contributed by atoms with Crippen molar-refractivity contribution in [3.63, 3.8) is 0 Å². The lowest BCUT2D eigenvalue weighted by atomic mass is 10.5. The highest BCUT2D eigenvalue weighted by Gasteiger charge is 2.16. The summed E-state index contributed by atoms with van der Waals surface area (Å²) >= 11 is 8.73. The van der Waals surface area contributed by atoms with E-state index in [9.17, 15) is 4.79 Å². The van der Waals surface area contributed by atoms with Gasteiger partial charge in [0.15, 0.2) is 0 Å². The van der Waals surface area contributed by atoms with Crippen LogP contribution in [0.25, 0.3) is 0 Å². The van der Waals surface area contributed by atoms with Crippen LogP contribution in [0.4, 0.5) is 5.82 Å². The van der Waals surface area contributed by atoms with E-state index in [1.54, 1.807) is 25.0 Å². The van der Waals surface area contributed by atoms with E-state index in [1.165, 1.54) is 4.90 Å². The van der Waals surface area contributed by atoms with Gasteiger partial charge in [-0.25, -0.2) is 0 Å². The Morgan fingerprint density at radius 1 is 1.85 bits per heavy atom. The number of anilines is 1. The number of aromatic nitrogens is 2. The summed E-state index contributed by atoms with van der Waals surface area (Å²) in [6.07, 6.45) is 1.63. The molecule has 72 valence electrons. The van der Waals surface area contributed by atoms with Crippen LogP contribution in [0.15, 0.2) is 10.7 Å². The number of carbonyl (C=O) groups excluding carboxylic acids is 1. The summed E-state index contributed by atoms with van der Waals surface area (Å²) in [4.78, 5) is 12.7. The highest BCUT2D eigenvalue weighted by Crippen LogP contribution is 2.23. The van der Waals surface area contributed by atoms with Crippen molar-refractivity contribution >= 4 is 39.3 Å². The van der Waals surface area contributed by atoms with Crippen molar-refractivity contribution in [3.05, 3.63) is 10.7 Å².